The van der Waals surface area contributed by atoms with Crippen LogP contribution in [0.4, 0.5) is 0 Å². The summed E-state index contributed by atoms with van der Waals surface area (Å²) in [6, 6.07) is 0. The molecule has 0 amide bonds. The Labute approximate surface area is 84.3 Å². The Morgan fingerprint density at radius 1 is 1.67 bits per heavy atom. The lowest BCUT2D eigenvalue weighted by molar-refractivity contribution is 0.0588. The van der Waals surface area contributed by atoms with Gasteiger partial charge >= 0.3 is 5.97 Å². The number of H-pyrrole nitrogens is 1. The van der Waals surface area contributed by atoms with Gasteiger partial charge in [-0.3, -0.25) is 0 Å². The van der Waals surface area contributed by atoms with Crippen LogP contribution in [0.1, 0.15) is 16.3 Å². The molecule has 0 bridgehead atoms. The molecule has 6 heteroatoms. The van der Waals surface area contributed by atoms with Gasteiger partial charge in [0.25, 0.3) is 0 Å². The number of carbonyl (C=O) groups excluding carboxylic acids is 1. The van der Waals surface area contributed by atoms with Gasteiger partial charge in [0.05, 0.1) is 7.11 Å². The summed E-state index contributed by atoms with van der Waals surface area (Å²) >= 11 is 3.16. The highest BCUT2D eigenvalue weighted by Gasteiger charge is 2.11. The Balaban J connectivity index is 0.00000121. The zero-order valence-electron chi connectivity index (χ0n) is 6.55. The first-order valence-corrected chi connectivity index (χ1v) is 3.75. The van der Waals surface area contributed by atoms with Gasteiger partial charge in [0.1, 0.15) is 4.60 Å². The van der Waals surface area contributed by atoms with Crippen LogP contribution in [0.15, 0.2) is 4.60 Å². The van der Waals surface area contributed by atoms with E-state index >= 15 is 0 Å². The Morgan fingerprint density at radius 2 is 2.25 bits per heavy atom. The lowest BCUT2D eigenvalue weighted by Gasteiger charge is -1.90. The summed E-state index contributed by atoms with van der Waals surface area (Å²) in [5, 5.41) is 0. The molecule has 0 saturated heterocycles. The zero-order valence-corrected chi connectivity index (χ0v) is 8.95. The quantitative estimate of drug-likeness (QED) is 0.777. The van der Waals surface area contributed by atoms with Crippen molar-refractivity contribution < 1.29 is 9.53 Å². The van der Waals surface area contributed by atoms with E-state index in [1.54, 1.807) is 0 Å². The number of nitrogens with one attached hydrogen (secondary N) is 1. The number of hydrogen-bond donors (Lipinski definition) is 1. The van der Waals surface area contributed by atoms with Crippen LogP contribution in [-0.4, -0.2) is 23.0 Å². The molecule has 1 heterocycles. The molecule has 1 N–H and O–H groups in total. The van der Waals surface area contributed by atoms with Crippen molar-refractivity contribution in [3.63, 3.8) is 0 Å². The van der Waals surface area contributed by atoms with Crippen molar-refractivity contribution in [2.75, 3.05) is 7.11 Å². The maximum absolute atomic E-state index is 10.8. The molecule has 1 aromatic heterocycles. The number of hydrogen-bond acceptors (Lipinski definition) is 3. The first-order chi connectivity index (χ1) is 5.15. The van der Waals surface area contributed by atoms with Gasteiger partial charge < -0.3 is 9.72 Å². The second kappa shape index (κ2) is 4.47. The van der Waals surface area contributed by atoms with Crippen molar-refractivity contribution in [3.05, 3.63) is 16.1 Å². The number of ether oxygens (including phenoxy) is 1. The molecule has 4 nitrogen and oxygen atoms in total. The maximum atomic E-state index is 10.8. The molecule has 1 aromatic rings. The normalized spacial score (nSPS) is 8.92. The summed E-state index contributed by atoms with van der Waals surface area (Å²) in [6.45, 7) is 1.81. The molecule has 0 fully saturated rings. The minimum atomic E-state index is -0.459. The zero-order chi connectivity index (χ0) is 8.43. The van der Waals surface area contributed by atoms with Gasteiger partial charge in [-0.1, -0.05) is 0 Å². The fraction of sp³-hybridized carbons (Fsp3) is 0.333. The smallest absolute Gasteiger partial charge is 0.374 e. The second-order valence-corrected chi connectivity index (χ2v) is 2.74. The molecule has 0 aliphatic rings. The molecule has 12 heavy (non-hydrogen) atoms. The fourth-order valence-electron chi connectivity index (χ4n) is 0.632. The van der Waals surface area contributed by atoms with Gasteiger partial charge in [-0.15, -0.1) is 12.4 Å². The third kappa shape index (κ3) is 2.22. The summed E-state index contributed by atoms with van der Waals surface area (Å²) in [6.07, 6.45) is 0. The van der Waals surface area contributed by atoms with Crippen molar-refractivity contribution >= 4 is 34.3 Å². The number of aryl methyl sites for hydroxylation is 1. The third-order valence-electron chi connectivity index (χ3n) is 1.20. The molecular weight excluding hydrogens is 247 g/mol. The second-order valence-electron chi connectivity index (χ2n) is 1.99. The Kier molecular flexibility index (Phi) is 4.26. The van der Waals surface area contributed by atoms with Crippen molar-refractivity contribution in [3.8, 4) is 0 Å². The molecule has 0 aliphatic carbocycles. The first kappa shape index (κ1) is 11.4. The number of methoxy groups -OCH3 is 1. The van der Waals surface area contributed by atoms with Crippen molar-refractivity contribution in [2.24, 2.45) is 0 Å². The maximum Gasteiger partial charge on any atom is 0.374 e. The van der Waals surface area contributed by atoms with E-state index < -0.39 is 5.97 Å². The van der Waals surface area contributed by atoms with E-state index in [0.29, 0.717) is 4.60 Å². The van der Waals surface area contributed by atoms with E-state index in [-0.39, 0.29) is 18.2 Å². The molecule has 0 saturated carbocycles. The minimum absolute atomic E-state index is 0. The van der Waals surface area contributed by atoms with Crippen LogP contribution in [0.5, 0.6) is 0 Å². The number of imidazole rings is 1. The Morgan fingerprint density at radius 3 is 2.58 bits per heavy atom. The van der Waals surface area contributed by atoms with Crippen molar-refractivity contribution in [1.82, 2.24) is 9.97 Å². The summed E-state index contributed by atoms with van der Waals surface area (Å²) < 4.78 is 5.09. The molecule has 0 spiro atoms. The highest BCUT2D eigenvalue weighted by Crippen LogP contribution is 2.11. The van der Waals surface area contributed by atoms with Gasteiger partial charge in [0.2, 0.25) is 5.82 Å². The summed E-state index contributed by atoms with van der Waals surface area (Å²) in [4.78, 5) is 17.5. The number of halogens is 2. The van der Waals surface area contributed by atoms with E-state index in [9.17, 15) is 4.79 Å². The average Bonchev–Trinajstić information content (AvgIpc) is 2.31. The van der Waals surface area contributed by atoms with Gasteiger partial charge in [-0.2, -0.15) is 0 Å². The van der Waals surface area contributed by atoms with Gasteiger partial charge in [0.15, 0.2) is 0 Å². The van der Waals surface area contributed by atoms with E-state index in [2.05, 4.69) is 30.6 Å². The van der Waals surface area contributed by atoms with E-state index in [1.165, 1.54) is 7.11 Å². The first-order valence-electron chi connectivity index (χ1n) is 2.95. The molecule has 0 aliphatic heterocycles. The summed E-state index contributed by atoms with van der Waals surface area (Å²) in [7, 11) is 1.31. The highest BCUT2D eigenvalue weighted by atomic mass is 79.9. The largest absolute Gasteiger partial charge is 0.463 e. The predicted octanol–water partition coefficient (Wildman–Crippen LogP) is 1.69. The lowest BCUT2D eigenvalue weighted by Crippen LogP contribution is -2.03. The van der Waals surface area contributed by atoms with Crippen LogP contribution in [0.3, 0.4) is 0 Å². The SMILES string of the molecule is COC(=O)c1nc(Br)c(C)[nH]1.Cl. The van der Waals surface area contributed by atoms with Gasteiger partial charge in [-0.05, 0) is 22.9 Å². The summed E-state index contributed by atoms with van der Waals surface area (Å²) in [5.41, 5.74) is 0.811. The van der Waals surface area contributed by atoms with Gasteiger partial charge in [-0.25, -0.2) is 9.78 Å². The van der Waals surface area contributed by atoms with Crippen LogP contribution >= 0.6 is 28.3 Å². The number of nitrogens with zero attached hydrogens (tertiary/aromatic N) is 1. The third-order valence-corrected chi connectivity index (χ3v) is 1.98. The van der Waals surface area contributed by atoms with Crippen molar-refractivity contribution in [1.29, 1.82) is 0 Å². The van der Waals surface area contributed by atoms with E-state index in [4.69, 9.17) is 0 Å². The number of rotatable bonds is 1. The molecule has 68 valence electrons. The standard InChI is InChI=1S/C6H7BrN2O2.ClH/c1-3-4(7)9-5(8-3)6(10)11-2;/h1-2H3,(H,8,9);1H. The van der Waals surface area contributed by atoms with Crippen LogP contribution in [0, 0.1) is 6.92 Å². The predicted molar refractivity (Wildman–Crippen MR) is 49.6 cm³/mol. The minimum Gasteiger partial charge on any atom is -0.463 e. The molecule has 0 aromatic carbocycles. The fourth-order valence-corrected chi connectivity index (χ4v) is 0.909. The lowest BCUT2D eigenvalue weighted by atomic mass is 10.6. The number of esters is 1. The summed E-state index contributed by atoms with van der Waals surface area (Å²) in [5.74, 6) is -0.240. The van der Waals surface area contributed by atoms with Crippen molar-refractivity contribution in [2.45, 2.75) is 6.92 Å². The Hall–Kier alpha value is -0.550. The number of aromatic nitrogens is 2. The topological polar surface area (TPSA) is 55.0 Å². The number of carbonyl (C=O) groups is 1. The molecule has 0 radical (unpaired) electrons. The van der Waals surface area contributed by atoms with Crippen LogP contribution in [0.2, 0.25) is 0 Å². The van der Waals surface area contributed by atoms with Crippen LogP contribution < -0.4 is 0 Å². The average molecular weight is 255 g/mol. The molecule has 0 atom stereocenters. The monoisotopic (exact) mass is 254 g/mol. The van der Waals surface area contributed by atoms with E-state index in [1.807, 2.05) is 6.92 Å². The molecule has 1 rings (SSSR count). The van der Waals surface area contributed by atoms with Gasteiger partial charge in [0, 0.05) is 5.69 Å². The molecule has 0 unspecified atom stereocenters. The number of aromatic amines is 1. The van der Waals surface area contributed by atoms with Crippen LogP contribution in [0.25, 0.3) is 0 Å². The Bertz CT molecular complexity index is 268. The van der Waals surface area contributed by atoms with Crippen LogP contribution in [-0.2, 0) is 4.74 Å². The van der Waals surface area contributed by atoms with E-state index in [0.717, 1.165) is 5.69 Å². The highest BCUT2D eigenvalue weighted by molar-refractivity contribution is 9.10. The molecular formula is C6H8BrClN2O2.